The largest absolute Gasteiger partial charge is 0.444 e. The van der Waals surface area contributed by atoms with Crippen LogP contribution in [0.4, 0.5) is 25.0 Å². The minimum atomic E-state index is -3.18. The molecule has 0 radical (unpaired) electrons. The molecular formula is C14H15F2N5O4S. The average Bonchev–Trinajstić information content (AvgIpc) is 2.94. The first-order valence-corrected chi connectivity index (χ1v) is 9.56. The summed E-state index contributed by atoms with van der Waals surface area (Å²) >= 11 is 0. The number of carbonyl (C=O) groups excluding carboxylic acids is 1. The number of hydrogen-bond acceptors (Lipinski definition) is 6. The number of cyclic esters (lactones) is 1. The monoisotopic (exact) mass is 387 g/mol. The molecule has 140 valence electrons. The van der Waals surface area contributed by atoms with E-state index >= 15 is 0 Å². The number of hydrogen-bond donors (Lipinski definition) is 0. The van der Waals surface area contributed by atoms with Gasteiger partial charge in [0.15, 0.2) is 21.5 Å². The van der Waals surface area contributed by atoms with Crippen LogP contribution in [0.15, 0.2) is 17.2 Å². The lowest BCUT2D eigenvalue weighted by Crippen LogP contribution is -2.41. The van der Waals surface area contributed by atoms with Crippen LogP contribution in [0.3, 0.4) is 0 Å². The first-order valence-electron chi connectivity index (χ1n) is 7.74. The maximum atomic E-state index is 14.5. The normalized spacial score (nSPS) is 22.1. The molecule has 2 aliphatic heterocycles. The highest BCUT2D eigenvalue weighted by Crippen LogP contribution is 2.31. The second-order valence-electron chi connectivity index (χ2n) is 5.93. The van der Waals surface area contributed by atoms with Gasteiger partial charge in [-0.25, -0.2) is 22.0 Å². The van der Waals surface area contributed by atoms with E-state index in [1.807, 2.05) is 0 Å². The summed E-state index contributed by atoms with van der Waals surface area (Å²) in [5.41, 5.74) is 7.95. The van der Waals surface area contributed by atoms with Crippen molar-refractivity contribution in [1.82, 2.24) is 0 Å². The number of ether oxygens (including phenoxy) is 1. The van der Waals surface area contributed by atoms with Crippen molar-refractivity contribution in [3.05, 3.63) is 34.2 Å². The SMILES string of the molecule is [N-]=[N+]=NCC1CN(c2cc(F)c(N3CCS(=O)(=O)CC3)c(F)c2)C(=O)O1. The van der Waals surface area contributed by atoms with Gasteiger partial charge in [0.2, 0.25) is 0 Å². The Morgan fingerprint density at radius 2 is 1.88 bits per heavy atom. The summed E-state index contributed by atoms with van der Waals surface area (Å²) in [5, 5.41) is 3.31. The summed E-state index contributed by atoms with van der Waals surface area (Å²) in [4.78, 5) is 16.8. The van der Waals surface area contributed by atoms with Gasteiger partial charge in [0.25, 0.3) is 0 Å². The highest BCUT2D eigenvalue weighted by molar-refractivity contribution is 7.91. The van der Waals surface area contributed by atoms with Crippen molar-refractivity contribution >= 4 is 27.3 Å². The lowest BCUT2D eigenvalue weighted by Gasteiger charge is -2.29. The van der Waals surface area contributed by atoms with Crippen molar-refractivity contribution in [2.75, 3.05) is 47.5 Å². The van der Waals surface area contributed by atoms with Crippen LogP contribution in [0.25, 0.3) is 10.4 Å². The summed E-state index contributed by atoms with van der Waals surface area (Å²) < 4.78 is 56.9. The zero-order valence-electron chi connectivity index (χ0n) is 13.5. The van der Waals surface area contributed by atoms with E-state index in [0.29, 0.717) is 0 Å². The predicted octanol–water partition coefficient (Wildman–Crippen LogP) is 1.84. The summed E-state index contributed by atoms with van der Waals surface area (Å²) in [7, 11) is -3.18. The Hall–Kier alpha value is -2.59. The van der Waals surface area contributed by atoms with Crippen molar-refractivity contribution in [2.24, 2.45) is 5.11 Å². The molecule has 2 saturated heterocycles. The smallest absolute Gasteiger partial charge is 0.414 e. The fourth-order valence-corrected chi connectivity index (χ4v) is 4.10. The molecule has 2 fully saturated rings. The minimum Gasteiger partial charge on any atom is -0.444 e. The number of benzene rings is 1. The molecule has 0 saturated carbocycles. The standard InChI is InChI=1S/C14H15F2N5O4S/c15-11-5-9(21-8-10(7-18-19-17)25-14(21)22)6-12(16)13(11)20-1-3-26(23,24)4-2-20/h5-6,10H,1-4,7-8H2. The summed E-state index contributed by atoms with van der Waals surface area (Å²) in [5.74, 6) is -2.14. The Morgan fingerprint density at radius 1 is 1.27 bits per heavy atom. The minimum absolute atomic E-state index is 0.00195. The number of sulfone groups is 1. The van der Waals surface area contributed by atoms with Crippen LogP contribution in [0.5, 0.6) is 0 Å². The van der Waals surface area contributed by atoms with Crippen LogP contribution in [0, 0.1) is 11.6 Å². The van der Waals surface area contributed by atoms with E-state index in [9.17, 15) is 22.0 Å². The van der Waals surface area contributed by atoms with Crippen LogP contribution in [-0.2, 0) is 14.6 Å². The zero-order valence-corrected chi connectivity index (χ0v) is 14.3. The van der Waals surface area contributed by atoms with Gasteiger partial charge in [-0.05, 0) is 5.53 Å². The molecule has 0 bridgehead atoms. The van der Waals surface area contributed by atoms with E-state index in [2.05, 4.69) is 10.0 Å². The Kier molecular flexibility index (Phi) is 4.88. The predicted molar refractivity (Wildman–Crippen MR) is 88.9 cm³/mol. The zero-order chi connectivity index (χ0) is 18.9. The van der Waals surface area contributed by atoms with Gasteiger partial charge in [0.05, 0.1) is 30.3 Å². The van der Waals surface area contributed by atoms with Gasteiger partial charge in [-0.1, -0.05) is 5.11 Å². The van der Waals surface area contributed by atoms with Crippen molar-refractivity contribution in [3.63, 3.8) is 0 Å². The van der Waals surface area contributed by atoms with Crippen LogP contribution in [0.1, 0.15) is 0 Å². The van der Waals surface area contributed by atoms with Crippen LogP contribution in [0.2, 0.25) is 0 Å². The molecular weight excluding hydrogens is 372 g/mol. The van der Waals surface area contributed by atoms with Gasteiger partial charge in [-0.3, -0.25) is 4.90 Å². The van der Waals surface area contributed by atoms with Crippen molar-refractivity contribution in [2.45, 2.75) is 6.10 Å². The Balaban J connectivity index is 1.81. The van der Waals surface area contributed by atoms with E-state index < -0.39 is 33.7 Å². The first kappa shape index (κ1) is 18.2. The maximum absolute atomic E-state index is 14.5. The highest BCUT2D eigenvalue weighted by atomic mass is 32.2. The lowest BCUT2D eigenvalue weighted by molar-refractivity contribution is 0.145. The Bertz CT molecular complexity index is 850. The Morgan fingerprint density at radius 3 is 2.46 bits per heavy atom. The number of azide groups is 1. The molecule has 2 heterocycles. The molecule has 1 aromatic rings. The average molecular weight is 387 g/mol. The Labute approximate surface area is 147 Å². The molecule has 0 spiro atoms. The molecule has 2 aliphatic rings. The molecule has 12 heteroatoms. The third kappa shape index (κ3) is 3.65. The van der Waals surface area contributed by atoms with Gasteiger partial charge in [0.1, 0.15) is 11.8 Å². The quantitative estimate of drug-likeness (QED) is 0.444. The van der Waals surface area contributed by atoms with Gasteiger partial charge in [-0.15, -0.1) is 0 Å². The van der Waals surface area contributed by atoms with Crippen LogP contribution < -0.4 is 9.80 Å². The van der Waals surface area contributed by atoms with E-state index in [0.717, 1.165) is 17.0 Å². The summed E-state index contributed by atoms with van der Waals surface area (Å²) in [6.07, 6.45) is -1.49. The number of nitrogens with zero attached hydrogens (tertiary/aromatic N) is 5. The summed E-state index contributed by atoms with van der Waals surface area (Å²) in [6.45, 7) is -0.0902. The first-order chi connectivity index (χ1) is 12.3. The molecule has 9 nitrogen and oxygen atoms in total. The number of amides is 1. The second-order valence-corrected chi connectivity index (χ2v) is 8.23. The van der Waals surface area contributed by atoms with Gasteiger partial charge < -0.3 is 9.64 Å². The van der Waals surface area contributed by atoms with Gasteiger partial charge in [0, 0.05) is 30.1 Å². The molecule has 0 aromatic heterocycles. The molecule has 1 amide bonds. The molecule has 26 heavy (non-hydrogen) atoms. The number of anilines is 2. The van der Waals surface area contributed by atoms with E-state index in [4.69, 9.17) is 10.3 Å². The summed E-state index contributed by atoms with van der Waals surface area (Å²) in [6, 6.07) is 2.00. The lowest BCUT2D eigenvalue weighted by atomic mass is 10.2. The molecule has 3 rings (SSSR count). The molecule has 1 atom stereocenters. The second kappa shape index (κ2) is 6.96. The van der Waals surface area contributed by atoms with Crippen molar-refractivity contribution < 1.29 is 26.7 Å². The van der Waals surface area contributed by atoms with Crippen molar-refractivity contribution in [3.8, 4) is 0 Å². The maximum Gasteiger partial charge on any atom is 0.414 e. The third-order valence-corrected chi connectivity index (χ3v) is 5.81. The van der Waals surface area contributed by atoms with Gasteiger partial charge in [-0.2, -0.15) is 0 Å². The highest BCUT2D eigenvalue weighted by Gasteiger charge is 2.33. The molecule has 1 aromatic carbocycles. The molecule has 0 N–H and O–H groups in total. The number of halogens is 2. The molecule has 0 aliphatic carbocycles. The van der Waals surface area contributed by atoms with Crippen molar-refractivity contribution in [1.29, 1.82) is 0 Å². The third-order valence-electron chi connectivity index (χ3n) is 4.20. The number of carbonyl (C=O) groups is 1. The van der Waals surface area contributed by atoms with E-state index in [-0.39, 0.29) is 49.1 Å². The van der Waals surface area contributed by atoms with E-state index in [1.54, 1.807) is 0 Å². The van der Waals surface area contributed by atoms with Crippen LogP contribution in [-0.4, -0.2) is 58.3 Å². The van der Waals surface area contributed by atoms with Gasteiger partial charge >= 0.3 is 6.09 Å². The van der Waals surface area contributed by atoms with E-state index in [1.165, 1.54) is 4.90 Å². The fraction of sp³-hybridized carbons (Fsp3) is 0.500. The fourth-order valence-electron chi connectivity index (χ4n) is 2.90. The molecule has 1 unspecified atom stereocenters. The topological polar surface area (TPSA) is 116 Å². The van der Waals surface area contributed by atoms with Crippen LogP contribution >= 0.6 is 0 Å². The number of rotatable bonds is 4.